The zero-order chi connectivity index (χ0) is 28.0. The van der Waals surface area contributed by atoms with Gasteiger partial charge in [0, 0.05) is 26.2 Å². The number of piperidine rings is 1. The van der Waals surface area contributed by atoms with Crippen LogP contribution in [0.4, 0.5) is 0 Å². The van der Waals surface area contributed by atoms with E-state index in [1.165, 1.54) is 37.7 Å². The molecule has 41 heavy (non-hydrogen) atoms. The van der Waals surface area contributed by atoms with E-state index in [1.54, 1.807) is 0 Å². The number of hydrogen-bond donors (Lipinski definition) is 2. The molecule has 3 aliphatic rings. The van der Waals surface area contributed by atoms with E-state index in [0.29, 0.717) is 31.1 Å². The fraction of sp³-hybridized carbons (Fsp3) is 0.576. The lowest BCUT2D eigenvalue weighted by molar-refractivity contribution is -0.162. The van der Waals surface area contributed by atoms with Gasteiger partial charge >= 0.3 is 0 Å². The first-order valence-corrected chi connectivity index (χ1v) is 15.3. The van der Waals surface area contributed by atoms with E-state index in [4.69, 9.17) is 4.74 Å². The minimum atomic E-state index is -0.716. The molecule has 5 rings (SSSR count). The largest absolute Gasteiger partial charge is 0.457 e. The number of nitrogens with one attached hydrogen (secondary N) is 1. The molecule has 3 fully saturated rings. The molecule has 2 aromatic rings. The number of carbonyl (C=O) groups is 2. The van der Waals surface area contributed by atoms with Crippen molar-refractivity contribution >= 4 is 24.2 Å². The highest BCUT2D eigenvalue weighted by molar-refractivity contribution is 6.00. The predicted octanol–water partition coefficient (Wildman–Crippen LogP) is 5.83. The van der Waals surface area contributed by atoms with Crippen molar-refractivity contribution in [1.82, 2.24) is 15.1 Å². The molecule has 0 bridgehead atoms. The zero-order valence-corrected chi connectivity index (χ0v) is 25.2. The number of aliphatic hydroxyl groups excluding tert-OH is 1. The molecular formula is C33H46ClN3O4. The molecule has 224 valence electrons. The first-order valence-electron chi connectivity index (χ1n) is 15.3. The lowest BCUT2D eigenvalue weighted by atomic mass is 9.79. The highest BCUT2D eigenvalue weighted by Crippen LogP contribution is 2.36. The van der Waals surface area contributed by atoms with Gasteiger partial charge < -0.3 is 20.1 Å². The molecule has 2 amide bonds. The van der Waals surface area contributed by atoms with E-state index >= 15 is 0 Å². The van der Waals surface area contributed by atoms with E-state index in [1.807, 2.05) is 41.3 Å². The molecule has 2 heterocycles. The molecule has 2 aromatic carbocycles. The fourth-order valence-electron chi connectivity index (χ4n) is 6.77. The number of likely N-dealkylation sites (tertiary alicyclic amines) is 1. The van der Waals surface area contributed by atoms with Gasteiger partial charge in [-0.3, -0.25) is 14.5 Å². The van der Waals surface area contributed by atoms with Gasteiger partial charge in [0.15, 0.2) is 0 Å². The van der Waals surface area contributed by atoms with Gasteiger partial charge in [0.2, 0.25) is 11.8 Å². The second-order valence-corrected chi connectivity index (χ2v) is 12.0. The number of ether oxygens (including phenoxy) is 1. The number of aliphatic hydroxyl groups is 1. The van der Waals surface area contributed by atoms with Crippen LogP contribution in [0.25, 0.3) is 0 Å². The topological polar surface area (TPSA) is 82.1 Å². The Hall–Kier alpha value is -2.61. The summed E-state index contributed by atoms with van der Waals surface area (Å²) < 4.78 is 5.96. The smallest absolute Gasteiger partial charge is 0.246 e. The molecule has 2 saturated heterocycles. The van der Waals surface area contributed by atoms with Gasteiger partial charge in [0.05, 0.1) is 6.61 Å². The van der Waals surface area contributed by atoms with Crippen molar-refractivity contribution in [1.29, 1.82) is 0 Å². The molecule has 1 saturated carbocycles. The van der Waals surface area contributed by atoms with Gasteiger partial charge in [-0.05, 0) is 67.0 Å². The third-order valence-corrected chi connectivity index (χ3v) is 9.17. The number of hydrogen-bond acceptors (Lipinski definition) is 5. The van der Waals surface area contributed by atoms with Crippen LogP contribution in [0, 0.1) is 5.92 Å². The lowest BCUT2D eigenvalue weighted by Gasteiger charge is -2.52. The number of halogens is 1. The molecule has 2 N–H and O–H groups in total. The normalized spacial score (nSPS) is 21.4. The quantitative estimate of drug-likeness (QED) is 0.368. The summed E-state index contributed by atoms with van der Waals surface area (Å²) in [6, 6.07) is 15.2. The summed E-state index contributed by atoms with van der Waals surface area (Å²) in [4.78, 5) is 31.8. The lowest BCUT2D eigenvalue weighted by Crippen LogP contribution is -2.73. The van der Waals surface area contributed by atoms with Gasteiger partial charge in [0.1, 0.15) is 23.1 Å². The van der Waals surface area contributed by atoms with E-state index in [0.717, 1.165) is 50.2 Å². The summed E-state index contributed by atoms with van der Waals surface area (Å²) in [5.41, 5.74) is 1.29. The van der Waals surface area contributed by atoms with Crippen molar-refractivity contribution in [3.05, 3.63) is 59.7 Å². The number of amides is 2. The average Bonchev–Trinajstić information content (AvgIpc) is 2.98. The predicted molar refractivity (Wildman–Crippen MR) is 163 cm³/mol. The zero-order valence-electron chi connectivity index (χ0n) is 24.4. The van der Waals surface area contributed by atoms with Crippen molar-refractivity contribution in [2.75, 3.05) is 19.6 Å². The van der Waals surface area contributed by atoms with Crippen LogP contribution in [0.2, 0.25) is 0 Å². The van der Waals surface area contributed by atoms with Crippen LogP contribution in [0.1, 0.15) is 82.3 Å². The Bertz CT molecular complexity index is 1140. The monoisotopic (exact) mass is 583 g/mol. The third-order valence-electron chi connectivity index (χ3n) is 9.17. The maximum absolute atomic E-state index is 13.8. The first-order chi connectivity index (χ1) is 19.5. The van der Waals surface area contributed by atoms with Crippen molar-refractivity contribution in [3.63, 3.8) is 0 Å². The Kier molecular flexibility index (Phi) is 11.1. The highest BCUT2D eigenvalue weighted by Gasteiger charge is 2.53. The molecule has 0 unspecified atom stereocenters. The summed E-state index contributed by atoms with van der Waals surface area (Å²) in [5.74, 6) is 2.22. The molecular weight excluding hydrogens is 538 g/mol. The number of nitrogens with zero attached hydrogens (tertiary/aromatic N) is 2. The number of unbranched alkanes of at least 4 members (excludes halogenated alkanes) is 1. The van der Waals surface area contributed by atoms with Crippen LogP contribution >= 0.6 is 12.4 Å². The highest BCUT2D eigenvalue weighted by atomic mass is 35.5. The standard InChI is InChI=1S/C33H45N3O4.ClH/c1-2-3-18-36-31(38)30(22-25-8-5-4-6-9-25)34-32(39)33(36)16-19-35(20-17-33)23-26-12-14-28(15-13-26)40-29-11-7-10-27(21-29)24-37;/h7,10-15,21,25,30,37H,2-6,8-9,16-20,22-24H2,1H3,(H,34,39);1H/t30-;/m0./s1. The number of benzene rings is 2. The molecule has 1 atom stereocenters. The third kappa shape index (κ3) is 7.43. The van der Waals surface area contributed by atoms with E-state index < -0.39 is 5.54 Å². The second-order valence-electron chi connectivity index (χ2n) is 12.0. The Morgan fingerprint density at radius 1 is 0.976 bits per heavy atom. The summed E-state index contributed by atoms with van der Waals surface area (Å²) in [6.07, 6.45) is 10.2. The van der Waals surface area contributed by atoms with E-state index in [-0.39, 0.29) is 36.9 Å². The first kappa shape index (κ1) is 31.3. The fourth-order valence-corrected chi connectivity index (χ4v) is 6.77. The summed E-state index contributed by atoms with van der Waals surface area (Å²) in [7, 11) is 0. The van der Waals surface area contributed by atoms with Gasteiger partial charge in [-0.15, -0.1) is 12.4 Å². The Labute approximate surface area is 251 Å². The van der Waals surface area contributed by atoms with Crippen LogP contribution in [-0.4, -0.2) is 57.9 Å². The minimum absolute atomic E-state index is 0. The van der Waals surface area contributed by atoms with Crippen LogP contribution in [0.3, 0.4) is 0 Å². The van der Waals surface area contributed by atoms with Gasteiger partial charge in [-0.1, -0.05) is 69.7 Å². The van der Waals surface area contributed by atoms with Gasteiger partial charge in [0.25, 0.3) is 0 Å². The molecule has 2 aliphatic heterocycles. The molecule has 8 heteroatoms. The molecule has 1 aliphatic carbocycles. The van der Waals surface area contributed by atoms with Crippen molar-refractivity contribution in [2.24, 2.45) is 5.92 Å². The summed E-state index contributed by atoms with van der Waals surface area (Å²) in [6.45, 7) is 5.16. The summed E-state index contributed by atoms with van der Waals surface area (Å²) in [5, 5.41) is 12.6. The number of rotatable bonds is 10. The second kappa shape index (κ2) is 14.5. The average molecular weight is 584 g/mol. The van der Waals surface area contributed by atoms with Crippen molar-refractivity contribution < 1.29 is 19.4 Å². The van der Waals surface area contributed by atoms with Crippen molar-refractivity contribution in [2.45, 2.75) is 95.9 Å². The molecule has 0 radical (unpaired) electrons. The van der Waals surface area contributed by atoms with Gasteiger partial charge in [-0.25, -0.2) is 0 Å². The Balaban J connectivity index is 0.00000387. The van der Waals surface area contributed by atoms with Crippen LogP contribution < -0.4 is 10.1 Å². The Morgan fingerprint density at radius 2 is 1.71 bits per heavy atom. The number of piperazine rings is 1. The summed E-state index contributed by atoms with van der Waals surface area (Å²) >= 11 is 0. The Morgan fingerprint density at radius 3 is 2.39 bits per heavy atom. The minimum Gasteiger partial charge on any atom is -0.457 e. The molecule has 0 aromatic heterocycles. The van der Waals surface area contributed by atoms with E-state index in [2.05, 4.69) is 29.3 Å². The molecule has 1 spiro atoms. The van der Waals surface area contributed by atoms with Crippen LogP contribution in [0.5, 0.6) is 11.5 Å². The maximum atomic E-state index is 13.8. The van der Waals surface area contributed by atoms with Crippen LogP contribution in [0.15, 0.2) is 48.5 Å². The van der Waals surface area contributed by atoms with Crippen molar-refractivity contribution in [3.8, 4) is 11.5 Å². The van der Waals surface area contributed by atoms with Crippen LogP contribution in [-0.2, 0) is 22.7 Å². The maximum Gasteiger partial charge on any atom is 0.246 e. The molecule has 7 nitrogen and oxygen atoms in total. The van der Waals surface area contributed by atoms with Gasteiger partial charge in [-0.2, -0.15) is 0 Å². The van der Waals surface area contributed by atoms with E-state index in [9.17, 15) is 14.7 Å². The number of carbonyl (C=O) groups excluding carboxylic acids is 2. The SMILES string of the molecule is CCCCN1C(=O)[C@H](CC2CCCCC2)NC(=O)C12CCN(Cc1ccc(Oc3cccc(CO)c3)cc1)CC2.Cl.